The third kappa shape index (κ3) is 5.00. The number of amides is 2. The van der Waals surface area contributed by atoms with Crippen LogP contribution < -0.4 is 5.32 Å². The Balaban J connectivity index is 2.53. The van der Waals surface area contributed by atoms with Gasteiger partial charge >= 0.3 is 5.97 Å². The van der Waals surface area contributed by atoms with Crippen molar-refractivity contribution in [2.75, 3.05) is 25.5 Å². The van der Waals surface area contributed by atoms with Crippen LogP contribution in [0.25, 0.3) is 0 Å². The molecule has 0 aliphatic heterocycles. The van der Waals surface area contributed by atoms with Crippen molar-refractivity contribution in [1.29, 1.82) is 0 Å². The Morgan fingerprint density at radius 1 is 1.35 bits per heavy atom. The van der Waals surface area contributed by atoms with Gasteiger partial charge in [-0.3, -0.25) is 14.4 Å². The SMILES string of the molecule is CCOC(=O)CCN(C)C(=O)c1ccc(NC(C)=O)s1. The maximum atomic E-state index is 12.1. The van der Waals surface area contributed by atoms with E-state index < -0.39 is 0 Å². The average molecular weight is 298 g/mol. The van der Waals surface area contributed by atoms with Crippen molar-refractivity contribution >= 4 is 34.1 Å². The molecule has 1 heterocycles. The minimum atomic E-state index is -0.322. The van der Waals surface area contributed by atoms with E-state index in [1.165, 1.54) is 23.2 Å². The van der Waals surface area contributed by atoms with Crippen molar-refractivity contribution < 1.29 is 19.1 Å². The predicted octanol–water partition coefficient (Wildman–Crippen LogP) is 1.73. The largest absolute Gasteiger partial charge is 0.466 e. The third-order valence-electron chi connectivity index (χ3n) is 2.42. The number of rotatable bonds is 6. The van der Waals surface area contributed by atoms with Gasteiger partial charge < -0.3 is 15.0 Å². The lowest BCUT2D eigenvalue weighted by Crippen LogP contribution is -2.28. The van der Waals surface area contributed by atoms with Crippen LogP contribution in [0.3, 0.4) is 0 Å². The zero-order valence-electron chi connectivity index (χ0n) is 11.8. The Kier molecular flexibility index (Phi) is 6.17. The van der Waals surface area contributed by atoms with Gasteiger partial charge in [0.15, 0.2) is 0 Å². The van der Waals surface area contributed by atoms with E-state index in [9.17, 15) is 14.4 Å². The van der Waals surface area contributed by atoms with Gasteiger partial charge in [-0.1, -0.05) is 0 Å². The first-order valence-electron chi connectivity index (χ1n) is 6.22. The molecule has 20 heavy (non-hydrogen) atoms. The molecule has 2 amide bonds. The highest BCUT2D eigenvalue weighted by Gasteiger charge is 2.15. The first-order valence-corrected chi connectivity index (χ1v) is 7.04. The first-order chi connectivity index (χ1) is 9.43. The number of carbonyl (C=O) groups excluding carboxylic acids is 3. The van der Waals surface area contributed by atoms with Crippen LogP contribution >= 0.6 is 11.3 Å². The van der Waals surface area contributed by atoms with E-state index in [1.54, 1.807) is 26.1 Å². The van der Waals surface area contributed by atoms with E-state index in [2.05, 4.69) is 5.32 Å². The van der Waals surface area contributed by atoms with Crippen LogP contribution in [0.2, 0.25) is 0 Å². The molecule has 0 unspecified atom stereocenters. The molecule has 7 heteroatoms. The summed E-state index contributed by atoms with van der Waals surface area (Å²) >= 11 is 1.20. The smallest absolute Gasteiger partial charge is 0.307 e. The molecule has 0 aliphatic rings. The number of thiophene rings is 1. The van der Waals surface area contributed by atoms with Gasteiger partial charge in [0.2, 0.25) is 5.91 Å². The lowest BCUT2D eigenvalue weighted by Gasteiger charge is -2.15. The summed E-state index contributed by atoms with van der Waals surface area (Å²) in [5.74, 6) is -0.685. The molecule has 0 saturated carbocycles. The Morgan fingerprint density at radius 3 is 2.65 bits per heavy atom. The maximum Gasteiger partial charge on any atom is 0.307 e. The number of hydrogen-bond donors (Lipinski definition) is 1. The van der Waals surface area contributed by atoms with Crippen LogP contribution in [0.1, 0.15) is 29.9 Å². The molecule has 0 spiro atoms. The van der Waals surface area contributed by atoms with E-state index in [4.69, 9.17) is 4.74 Å². The second kappa shape index (κ2) is 7.64. The van der Waals surface area contributed by atoms with Crippen LogP contribution in [0, 0.1) is 0 Å². The molecule has 1 aromatic heterocycles. The fourth-order valence-electron chi connectivity index (χ4n) is 1.48. The fourth-order valence-corrected chi connectivity index (χ4v) is 2.42. The lowest BCUT2D eigenvalue weighted by molar-refractivity contribution is -0.143. The topological polar surface area (TPSA) is 75.7 Å². The molecule has 110 valence electrons. The number of nitrogens with zero attached hydrogens (tertiary/aromatic N) is 1. The van der Waals surface area contributed by atoms with Crippen LogP contribution in [0.5, 0.6) is 0 Å². The molecule has 0 atom stereocenters. The van der Waals surface area contributed by atoms with Gasteiger partial charge in [0, 0.05) is 20.5 Å². The van der Waals surface area contributed by atoms with E-state index in [-0.39, 0.29) is 24.2 Å². The second-order valence-electron chi connectivity index (χ2n) is 4.13. The monoisotopic (exact) mass is 298 g/mol. The van der Waals surface area contributed by atoms with Crippen molar-refractivity contribution in [3.8, 4) is 0 Å². The molecule has 0 aliphatic carbocycles. The summed E-state index contributed by atoms with van der Waals surface area (Å²) in [6, 6.07) is 3.33. The Hall–Kier alpha value is -1.89. The van der Waals surface area contributed by atoms with Crippen molar-refractivity contribution in [1.82, 2.24) is 4.90 Å². The third-order valence-corrected chi connectivity index (χ3v) is 3.41. The molecule has 0 fully saturated rings. The van der Waals surface area contributed by atoms with Crippen molar-refractivity contribution in [3.63, 3.8) is 0 Å². The molecule has 6 nitrogen and oxygen atoms in total. The van der Waals surface area contributed by atoms with E-state index in [0.717, 1.165) is 0 Å². The van der Waals surface area contributed by atoms with Crippen molar-refractivity contribution in [2.24, 2.45) is 0 Å². The molecule has 1 rings (SSSR count). The second-order valence-corrected chi connectivity index (χ2v) is 5.21. The number of hydrogen-bond acceptors (Lipinski definition) is 5. The number of esters is 1. The first kappa shape index (κ1) is 16.2. The van der Waals surface area contributed by atoms with E-state index >= 15 is 0 Å². The zero-order valence-corrected chi connectivity index (χ0v) is 12.6. The normalized spacial score (nSPS) is 9.95. The average Bonchev–Trinajstić information content (AvgIpc) is 2.83. The van der Waals surface area contributed by atoms with Gasteiger partial charge in [-0.15, -0.1) is 11.3 Å². The Morgan fingerprint density at radius 2 is 2.05 bits per heavy atom. The quantitative estimate of drug-likeness (QED) is 0.812. The predicted molar refractivity (Wildman–Crippen MR) is 76.8 cm³/mol. The minimum Gasteiger partial charge on any atom is -0.466 e. The van der Waals surface area contributed by atoms with Crippen LogP contribution in [-0.4, -0.2) is 42.9 Å². The molecule has 0 saturated heterocycles. The molecule has 0 bridgehead atoms. The van der Waals surface area contributed by atoms with Gasteiger partial charge in [0.25, 0.3) is 5.91 Å². The molecule has 1 N–H and O–H groups in total. The van der Waals surface area contributed by atoms with Crippen molar-refractivity contribution in [3.05, 3.63) is 17.0 Å². The van der Waals surface area contributed by atoms with Crippen molar-refractivity contribution in [2.45, 2.75) is 20.3 Å². The fraction of sp³-hybridized carbons (Fsp3) is 0.462. The van der Waals surface area contributed by atoms with Gasteiger partial charge in [0.1, 0.15) is 0 Å². The van der Waals surface area contributed by atoms with Crippen LogP contribution in [0.15, 0.2) is 12.1 Å². The minimum absolute atomic E-state index is 0.167. The van der Waals surface area contributed by atoms with Gasteiger partial charge in [-0.05, 0) is 19.1 Å². The van der Waals surface area contributed by atoms with Crippen LogP contribution in [0.4, 0.5) is 5.00 Å². The summed E-state index contributed by atoms with van der Waals surface area (Å²) in [5, 5.41) is 3.25. The highest BCUT2D eigenvalue weighted by atomic mass is 32.1. The molecular formula is C13H18N2O4S. The molecule has 1 aromatic rings. The molecule has 0 radical (unpaired) electrons. The maximum absolute atomic E-state index is 12.1. The number of nitrogens with one attached hydrogen (secondary N) is 1. The van der Waals surface area contributed by atoms with E-state index in [1.807, 2.05) is 0 Å². The molecular weight excluding hydrogens is 280 g/mol. The highest BCUT2D eigenvalue weighted by Crippen LogP contribution is 2.22. The summed E-state index contributed by atoms with van der Waals surface area (Å²) in [4.78, 5) is 36.2. The summed E-state index contributed by atoms with van der Waals surface area (Å²) in [6.45, 7) is 3.78. The standard InChI is InChI=1S/C13H18N2O4S/c1-4-19-12(17)7-8-15(3)13(18)10-5-6-11(20-10)14-9(2)16/h5-6H,4,7-8H2,1-3H3,(H,14,16). The number of anilines is 1. The zero-order chi connectivity index (χ0) is 15.1. The number of carbonyl (C=O) groups is 3. The summed E-state index contributed by atoms with van der Waals surface area (Å²) in [6.07, 6.45) is 0.167. The number of ether oxygens (including phenoxy) is 1. The lowest BCUT2D eigenvalue weighted by atomic mass is 10.3. The highest BCUT2D eigenvalue weighted by molar-refractivity contribution is 7.18. The Labute approximate surface area is 121 Å². The summed E-state index contributed by atoms with van der Waals surface area (Å²) < 4.78 is 4.80. The van der Waals surface area contributed by atoms with Gasteiger partial charge in [0.05, 0.1) is 22.9 Å². The Bertz CT molecular complexity index is 498. The summed E-state index contributed by atoms with van der Waals surface area (Å²) in [7, 11) is 1.62. The van der Waals surface area contributed by atoms with E-state index in [0.29, 0.717) is 23.0 Å². The van der Waals surface area contributed by atoms with Gasteiger partial charge in [-0.2, -0.15) is 0 Å². The van der Waals surface area contributed by atoms with Crippen LogP contribution in [-0.2, 0) is 14.3 Å². The molecule has 0 aromatic carbocycles. The summed E-state index contributed by atoms with van der Waals surface area (Å²) in [5.41, 5.74) is 0. The van der Waals surface area contributed by atoms with Gasteiger partial charge in [-0.25, -0.2) is 0 Å².